The summed E-state index contributed by atoms with van der Waals surface area (Å²) in [7, 11) is 0. The number of carbonyl (C=O) groups is 1. The molecule has 3 N–H and O–H groups in total. The standard InChI is InChI=1S/C11H21N5O/c1-9(2)8-10(12)11(17)14-6-4-3-5-7-15-16-13/h4,6,9-10H,3,5,7-8,12H2,1-2H3,(H,14,17)/t10-/m1/s1. The Bertz CT molecular complexity index is 294. The Hall–Kier alpha value is -1.52. The van der Waals surface area contributed by atoms with E-state index in [0.29, 0.717) is 18.9 Å². The van der Waals surface area contributed by atoms with E-state index >= 15 is 0 Å². The zero-order valence-electron chi connectivity index (χ0n) is 10.5. The largest absolute Gasteiger partial charge is 0.332 e. The van der Waals surface area contributed by atoms with Gasteiger partial charge in [-0.3, -0.25) is 4.79 Å². The number of nitrogens with two attached hydrogens (primary N) is 1. The maximum atomic E-state index is 11.5. The summed E-state index contributed by atoms with van der Waals surface area (Å²) in [6.07, 6.45) is 5.63. The number of hydrogen-bond donors (Lipinski definition) is 2. The van der Waals surface area contributed by atoms with Gasteiger partial charge in [-0.25, -0.2) is 0 Å². The molecule has 0 aromatic heterocycles. The van der Waals surface area contributed by atoms with Crippen molar-refractivity contribution >= 4 is 5.91 Å². The minimum atomic E-state index is -0.456. The van der Waals surface area contributed by atoms with Crippen LogP contribution in [0, 0.1) is 5.92 Å². The summed E-state index contributed by atoms with van der Waals surface area (Å²) in [6.45, 7) is 4.53. The number of amides is 1. The normalized spacial score (nSPS) is 12.5. The highest BCUT2D eigenvalue weighted by molar-refractivity contribution is 5.82. The van der Waals surface area contributed by atoms with Crippen molar-refractivity contribution in [1.29, 1.82) is 0 Å². The fourth-order valence-corrected chi connectivity index (χ4v) is 1.27. The van der Waals surface area contributed by atoms with Crippen molar-refractivity contribution < 1.29 is 4.79 Å². The van der Waals surface area contributed by atoms with E-state index in [0.717, 1.165) is 12.8 Å². The summed E-state index contributed by atoms with van der Waals surface area (Å²) < 4.78 is 0. The van der Waals surface area contributed by atoms with E-state index in [-0.39, 0.29) is 5.91 Å². The third kappa shape index (κ3) is 9.41. The first kappa shape index (κ1) is 15.5. The molecule has 0 radical (unpaired) electrons. The Morgan fingerprint density at radius 1 is 1.59 bits per heavy atom. The molecule has 96 valence electrons. The van der Waals surface area contributed by atoms with E-state index < -0.39 is 6.04 Å². The number of nitrogens with zero attached hydrogens (tertiary/aromatic N) is 3. The SMILES string of the molecule is CC(C)C[C@@H](N)C(=O)NC=CCCCN=[N+]=[N-]. The minimum absolute atomic E-state index is 0.162. The number of carbonyl (C=O) groups excluding carboxylic acids is 1. The second kappa shape index (κ2) is 9.69. The third-order valence-electron chi connectivity index (χ3n) is 2.10. The van der Waals surface area contributed by atoms with Gasteiger partial charge in [-0.15, -0.1) is 0 Å². The Kier molecular flexibility index (Phi) is 8.82. The van der Waals surface area contributed by atoms with Gasteiger partial charge >= 0.3 is 0 Å². The molecule has 0 rings (SSSR count). The van der Waals surface area contributed by atoms with Crippen LogP contribution in [0.1, 0.15) is 33.1 Å². The molecular formula is C11H21N5O. The third-order valence-corrected chi connectivity index (χ3v) is 2.10. The summed E-state index contributed by atoms with van der Waals surface area (Å²) in [4.78, 5) is 14.1. The molecule has 0 heterocycles. The minimum Gasteiger partial charge on any atom is -0.332 e. The van der Waals surface area contributed by atoms with Gasteiger partial charge in [0.15, 0.2) is 0 Å². The van der Waals surface area contributed by atoms with E-state index in [1.54, 1.807) is 6.20 Å². The van der Waals surface area contributed by atoms with Crippen molar-refractivity contribution in [2.75, 3.05) is 6.54 Å². The van der Waals surface area contributed by atoms with E-state index in [9.17, 15) is 4.79 Å². The van der Waals surface area contributed by atoms with E-state index in [4.69, 9.17) is 11.3 Å². The van der Waals surface area contributed by atoms with Crippen LogP contribution >= 0.6 is 0 Å². The number of hydrogen-bond acceptors (Lipinski definition) is 3. The number of allylic oxidation sites excluding steroid dienone is 1. The molecule has 0 aromatic carbocycles. The van der Waals surface area contributed by atoms with Crippen LogP contribution in [0.15, 0.2) is 17.4 Å². The lowest BCUT2D eigenvalue weighted by atomic mass is 10.0. The van der Waals surface area contributed by atoms with Gasteiger partial charge in [0.25, 0.3) is 0 Å². The topological polar surface area (TPSA) is 104 Å². The Labute approximate surface area is 102 Å². The first-order valence-electron chi connectivity index (χ1n) is 5.79. The summed E-state index contributed by atoms with van der Waals surface area (Å²) >= 11 is 0. The molecule has 0 aliphatic rings. The predicted octanol–water partition coefficient (Wildman–Crippen LogP) is 2.08. The van der Waals surface area contributed by atoms with Gasteiger partial charge in [0.1, 0.15) is 0 Å². The van der Waals surface area contributed by atoms with Crippen molar-refractivity contribution in [1.82, 2.24) is 5.32 Å². The lowest BCUT2D eigenvalue weighted by molar-refractivity contribution is -0.121. The molecule has 6 heteroatoms. The van der Waals surface area contributed by atoms with Crippen LogP contribution in [0.2, 0.25) is 0 Å². The molecule has 1 amide bonds. The van der Waals surface area contributed by atoms with Gasteiger partial charge in [-0.2, -0.15) is 0 Å². The fourth-order valence-electron chi connectivity index (χ4n) is 1.27. The zero-order valence-corrected chi connectivity index (χ0v) is 10.5. The average Bonchev–Trinajstić information content (AvgIpc) is 2.26. The molecule has 0 saturated carbocycles. The van der Waals surface area contributed by atoms with Crippen molar-refractivity contribution in [3.05, 3.63) is 22.7 Å². The molecule has 0 bridgehead atoms. The van der Waals surface area contributed by atoms with Crippen molar-refractivity contribution in [2.45, 2.75) is 39.2 Å². The van der Waals surface area contributed by atoms with E-state index in [2.05, 4.69) is 15.3 Å². The van der Waals surface area contributed by atoms with Crippen LogP contribution in [0.25, 0.3) is 10.4 Å². The van der Waals surface area contributed by atoms with Crippen molar-refractivity contribution in [2.24, 2.45) is 16.8 Å². The average molecular weight is 239 g/mol. The summed E-state index contributed by atoms with van der Waals surface area (Å²) in [5, 5.41) is 6.04. The van der Waals surface area contributed by atoms with E-state index in [1.165, 1.54) is 0 Å². The smallest absolute Gasteiger partial charge is 0.240 e. The number of unbranched alkanes of at least 4 members (excludes halogenated alkanes) is 1. The molecule has 0 aliphatic heterocycles. The lowest BCUT2D eigenvalue weighted by Crippen LogP contribution is -2.39. The molecule has 6 nitrogen and oxygen atoms in total. The van der Waals surface area contributed by atoms with Crippen LogP contribution in [0.3, 0.4) is 0 Å². The highest BCUT2D eigenvalue weighted by Gasteiger charge is 2.12. The van der Waals surface area contributed by atoms with Crippen LogP contribution in [0.4, 0.5) is 0 Å². The quantitative estimate of drug-likeness (QED) is 0.293. The second-order valence-corrected chi connectivity index (χ2v) is 4.24. The molecule has 0 saturated heterocycles. The first-order valence-corrected chi connectivity index (χ1v) is 5.79. The lowest BCUT2D eigenvalue weighted by Gasteiger charge is -2.11. The summed E-state index contributed by atoms with van der Waals surface area (Å²) in [5.74, 6) is 0.244. The molecule has 17 heavy (non-hydrogen) atoms. The van der Waals surface area contributed by atoms with Gasteiger partial charge in [-0.05, 0) is 36.9 Å². The van der Waals surface area contributed by atoms with E-state index in [1.807, 2.05) is 19.9 Å². The zero-order chi connectivity index (χ0) is 13.1. The van der Waals surface area contributed by atoms with Crippen molar-refractivity contribution in [3.8, 4) is 0 Å². The maximum Gasteiger partial charge on any atom is 0.240 e. The fraction of sp³-hybridized carbons (Fsp3) is 0.727. The Balaban J connectivity index is 3.68. The van der Waals surface area contributed by atoms with Crippen LogP contribution in [0.5, 0.6) is 0 Å². The first-order chi connectivity index (χ1) is 8.07. The molecular weight excluding hydrogens is 218 g/mol. The number of rotatable bonds is 8. The Morgan fingerprint density at radius 3 is 2.88 bits per heavy atom. The van der Waals surface area contributed by atoms with Crippen LogP contribution in [-0.2, 0) is 4.79 Å². The number of azide groups is 1. The molecule has 0 aromatic rings. The van der Waals surface area contributed by atoms with Crippen LogP contribution < -0.4 is 11.1 Å². The van der Waals surface area contributed by atoms with Gasteiger partial charge in [0.2, 0.25) is 5.91 Å². The maximum absolute atomic E-state index is 11.5. The van der Waals surface area contributed by atoms with Crippen LogP contribution in [-0.4, -0.2) is 18.5 Å². The second-order valence-electron chi connectivity index (χ2n) is 4.24. The van der Waals surface area contributed by atoms with Gasteiger partial charge in [0, 0.05) is 11.5 Å². The molecule has 0 aliphatic carbocycles. The highest BCUT2D eigenvalue weighted by atomic mass is 16.2. The molecule has 0 fully saturated rings. The molecule has 0 spiro atoms. The summed E-state index contributed by atoms with van der Waals surface area (Å²) in [6, 6.07) is -0.456. The van der Waals surface area contributed by atoms with Gasteiger partial charge in [-0.1, -0.05) is 25.0 Å². The predicted molar refractivity (Wildman–Crippen MR) is 68.0 cm³/mol. The monoisotopic (exact) mass is 239 g/mol. The Morgan fingerprint density at radius 2 is 2.29 bits per heavy atom. The molecule has 1 atom stereocenters. The summed E-state index contributed by atoms with van der Waals surface area (Å²) in [5.41, 5.74) is 13.7. The van der Waals surface area contributed by atoms with Gasteiger partial charge in [0.05, 0.1) is 6.04 Å². The molecule has 0 unspecified atom stereocenters. The number of nitrogens with one attached hydrogen (secondary N) is 1. The van der Waals surface area contributed by atoms with Crippen molar-refractivity contribution in [3.63, 3.8) is 0 Å². The highest BCUT2D eigenvalue weighted by Crippen LogP contribution is 2.02. The van der Waals surface area contributed by atoms with Gasteiger partial charge < -0.3 is 11.1 Å².